The van der Waals surface area contributed by atoms with Crippen molar-refractivity contribution in [1.29, 1.82) is 0 Å². The molecule has 0 saturated heterocycles. The fourth-order valence-corrected chi connectivity index (χ4v) is 3.59. The van der Waals surface area contributed by atoms with E-state index in [1.54, 1.807) is 7.11 Å². The molecule has 88 valence electrons. The van der Waals surface area contributed by atoms with Gasteiger partial charge in [0.25, 0.3) is 0 Å². The molecular formula is C12H23NO2. The highest BCUT2D eigenvalue weighted by atomic mass is 16.5. The van der Waals surface area contributed by atoms with E-state index in [-0.39, 0.29) is 0 Å². The van der Waals surface area contributed by atoms with Crippen molar-refractivity contribution in [3.63, 3.8) is 0 Å². The van der Waals surface area contributed by atoms with Gasteiger partial charge in [-0.25, -0.2) is 0 Å². The van der Waals surface area contributed by atoms with Gasteiger partial charge < -0.3 is 14.8 Å². The van der Waals surface area contributed by atoms with Crippen molar-refractivity contribution in [3.8, 4) is 0 Å². The van der Waals surface area contributed by atoms with Crippen LogP contribution in [0.3, 0.4) is 0 Å². The molecule has 1 N–H and O–H groups in total. The third-order valence-corrected chi connectivity index (χ3v) is 4.01. The van der Waals surface area contributed by atoms with Gasteiger partial charge in [0.2, 0.25) is 0 Å². The SMILES string of the molecule is CNCC12CC(CCOCCOC)(C1)C2. The van der Waals surface area contributed by atoms with E-state index in [0.29, 0.717) is 10.8 Å². The van der Waals surface area contributed by atoms with Crippen molar-refractivity contribution in [2.45, 2.75) is 25.7 Å². The molecule has 3 saturated carbocycles. The molecule has 3 aliphatic rings. The number of nitrogens with one attached hydrogen (secondary N) is 1. The topological polar surface area (TPSA) is 30.5 Å². The van der Waals surface area contributed by atoms with E-state index in [2.05, 4.69) is 12.4 Å². The zero-order valence-corrected chi connectivity index (χ0v) is 9.97. The molecule has 3 rings (SSSR count). The Morgan fingerprint density at radius 2 is 1.80 bits per heavy atom. The monoisotopic (exact) mass is 213 g/mol. The second kappa shape index (κ2) is 4.40. The molecule has 3 nitrogen and oxygen atoms in total. The lowest BCUT2D eigenvalue weighted by molar-refractivity contribution is -0.209. The summed E-state index contributed by atoms with van der Waals surface area (Å²) in [4.78, 5) is 0. The first kappa shape index (κ1) is 11.4. The maximum atomic E-state index is 5.52. The Balaban J connectivity index is 1.53. The normalized spacial score (nSPS) is 37.2. The van der Waals surface area contributed by atoms with Crippen LogP contribution in [-0.4, -0.2) is 40.5 Å². The lowest BCUT2D eigenvalue weighted by Gasteiger charge is -2.71. The molecule has 0 atom stereocenters. The predicted molar refractivity (Wildman–Crippen MR) is 60.0 cm³/mol. The molecule has 0 aliphatic heterocycles. The Labute approximate surface area is 92.5 Å². The Morgan fingerprint density at radius 3 is 2.40 bits per heavy atom. The fourth-order valence-electron chi connectivity index (χ4n) is 3.59. The third-order valence-electron chi connectivity index (χ3n) is 4.01. The van der Waals surface area contributed by atoms with Crippen LogP contribution >= 0.6 is 0 Å². The van der Waals surface area contributed by atoms with Crippen molar-refractivity contribution >= 4 is 0 Å². The standard InChI is InChI=1S/C12H23NO2/c1-13-10-12-7-11(8-12,9-12)3-4-15-6-5-14-2/h13H,3-10H2,1-2H3. The van der Waals surface area contributed by atoms with Crippen molar-refractivity contribution in [3.05, 3.63) is 0 Å². The smallest absolute Gasteiger partial charge is 0.0700 e. The highest BCUT2D eigenvalue weighted by molar-refractivity contribution is 5.17. The van der Waals surface area contributed by atoms with Crippen LogP contribution in [0.4, 0.5) is 0 Å². The highest BCUT2D eigenvalue weighted by Gasteiger charge is 2.66. The Kier molecular flexibility index (Phi) is 3.33. The molecule has 0 heterocycles. The number of hydrogen-bond donors (Lipinski definition) is 1. The van der Waals surface area contributed by atoms with Crippen LogP contribution in [0.25, 0.3) is 0 Å². The van der Waals surface area contributed by atoms with Gasteiger partial charge in [-0.3, -0.25) is 0 Å². The molecule has 3 fully saturated rings. The van der Waals surface area contributed by atoms with Crippen LogP contribution in [0.5, 0.6) is 0 Å². The molecule has 0 spiro atoms. The third kappa shape index (κ3) is 2.19. The first-order chi connectivity index (χ1) is 7.24. The molecule has 0 amide bonds. The minimum absolute atomic E-state index is 0.671. The predicted octanol–water partition coefficient (Wildman–Crippen LogP) is 1.43. The van der Waals surface area contributed by atoms with Crippen molar-refractivity contribution in [1.82, 2.24) is 5.32 Å². The van der Waals surface area contributed by atoms with Crippen LogP contribution in [0.15, 0.2) is 0 Å². The van der Waals surface area contributed by atoms with E-state index in [0.717, 1.165) is 19.8 Å². The number of methoxy groups -OCH3 is 1. The zero-order valence-electron chi connectivity index (χ0n) is 9.97. The van der Waals surface area contributed by atoms with Gasteiger partial charge in [0, 0.05) is 20.3 Å². The molecule has 0 aromatic carbocycles. The van der Waals surface area contributed by atoms with Crippen LogP contribution in [-0.2, 0) is 9.47 Å². The molecule has 0 aromatic rings. The Morgan fingerprint density at radius 1 is 1.07 bits per heavy atom. The molecule has 3 aliphatic carbocycles. The van der Waals surface area contributed by atoms with Crippen LogP contribution < -0.4 is 5.32 Å². The average molecular weight is 213 g/mol. The molecule has 2 bridgehead atoms. The quantitative estimate of drug-likeness (QED) is 0.619. The summed E-state index contributed by atoms with van der Waals surface area (Å²) in [7, 11) is 3.77. The lowest BCUT2D eigenvalue weighted by atomic mass is 9.34. The molecule has 0 radical (unpaired) electrons. The van der Waals surface area contributed by atoms with E-state index in [1.807, 2.05) is 0 Å². The zero-order chi connectivity index (χ0) is 10.8. The summed E-state index contributed by atoms with van der Waals surface area (Å²) in [5.74, 6) is 0. The molecular weight excluding hydrogens is 190 g/mol. The minimum Gasteiger partial charge on any atom is -0.382 e. The second-order valence-electron chi connectivity index (χ2n) is 5.42. The summed E-state index contributed by atoms with van der Waals surface area (Å²) < 4.78 is 10.5. The van der Waals surface area contributed by atoms with Gasteiger partial charge in [-0.1, -0.05) is 0 Å². The summed E-state index contributed by atoms with van der Waals surface area (Å²) in [5, 5.41) is 3.30. The van der Waals surface area contributed by atoms with E-state index in [1.165, 1.54) is 32.2 Å². The van der Waals surface area contributed by atoms with Gasteiger partial charge in [-0.15, -0.1) is 0 Å². The van der Waals surface area contributed by atoms with E-state index >= 15 is 0 Å². The van der Waals surface area contributed by atoms with Gasteiger partial charge in [-0.05, 0) is 43.6 Å². The summed E-state index contributed by atoms with van der Waals surface area (Å²) in [6, 6.07) is 0. The summed E-state index contributed by atoms with van der Waals surface area (Å²) >= 11 is 0. The lowest BCUT2D eigenvalue weighted by Crippen LogP contribution is -2.65. The van der Waals surface area contributed by atoms with Crippen LogP contribution in [0, 0.1) is 10.8 Å². The van der Waals surface area contributed by atoms with Gasteiger partial charge in [0.15, 0.2) is 0 Å². The Hall–Kier alpha value is -0.120. The van der Waals surface area contributed by atoms with E-state index < -0.39 is 0 Å². The van der Waals surface area contributed by atoms with E-state index in [4.69, 9.17) is 9.47 Å². The maximum absolute atomic E-state index is 5.52. The average Bonchev–Trinajstić information content (AvgIpc) is 2.11. The first-order valence-electron chi connectivity index (χ1n) is 5.96. The van der Waals surface area contributed by atoms with E-state index in [9.17, 15) is 0 Å². The van der Waals surface area contributed by atoms with Crippen LogP contribution in [0.1, 0.15) is 25.7 Å². The number of ether oxygens (including phenoxy) is 2. The summed E-state index contributed by atoms with van der Waals surface area (Å²) in [6.45, 7) is 3.59. The van der Waals surface area contributed by atoms with Gasteiger partial charge in [0.05, 0.1) is 13.2 Å². The fraction of sp³-hybridized carbons (Fsp3) is 1.00. The molecule has 0 unspecified atom stereocenters. The minimum atomic E-state index is 0.671. The molecule has 3 heteroatoms. The Bertz CT molecular complexity index is 198. The second-order valence-corrected chi connectivity index (χ2v) is 5.42. The van der Waals surface area contributed by atoms with Gasteiger partial charge in [0.1, 0.15) is 0 Å². The summed E-state index contributed by atoms with van der Waals surface area (Å²) in [5.41, 5.74) is 1.35. The largest absolute Gasteiger partial charge is 0.382 e. The number of hydrogen-bond acceptors (Lipinski definition) is 3. The highest BCUT2D eigenvalue weighted by Crippen LogP contribution is 2.74. The maximum Gasteiger partial charge on any atom is 0.0700 e. The number of rotatable bonds is 8. The van der Waals surface area contributed by atoms with Crippen molar-refractivity contribution in [2.75, 3.05) is 40.5 Å². The molecule has 15 heavy (non-hydrogen) atoms. The molecule has 0 aromatic heterocycles. The van der Waals surface area contributed by atoms with Gasteiger partial charge >= 0.3 is 0 Å². The van der Waals surface area contributed by atoms with Crippen molar-refractivity contribution < 1.29 is 9.47 Å². The van der Waals surface area contributed by atoms with Crippen molar-refractivity contribution in [2.24, 2.45) is 10.8 Å². The van der Waals surface area contributed by atoms with Crippen LogP contribution in [0.2, 0.25) is 0 Å². The summed E-state index contributed by atoms with van der Waals surface area (Å²) in [6.07, 6.45) is 5.53. The first-order valence-corrected chi connectivity index (χ1v) is 5.96. The van der Waals surface area contributed by atoms with Gasteiger partial charge in [-0.2, -0.15) is 0 Å².